The lowest BCUT2D eigenvalue weighted by Crippen LogP contribution is -2.41. The molecule has 0 aliphatic carbocycles. The molecule has 0 spiro atoms. The van der Waals surface area contributed by atoms with E-state index in [-0.39, 0.29) is 5.56 Å². The van der Waals surface area contributed by atoms with Crippen LogP contribution in [0.5, 0.6) is 0 Å². The first-order valence-corrected chi connectivity index (χ1v) is 12.9. The van der Waals surface area contributed by atoms with Crippen LogP contribution in [-0.2, 0) is 10.5 Å². The number of nitrogens with one attached hydrogen (secondary N) is 1. The maximum atomic E-state index is 15.2. The van der Waals surface area contributed by atoms with Crippen LogP contribution in [0.2, 0.25) is 0 Å². The number of alkyl halides is 2. The van der Waals surface area contributed by atoms with Gasteiger partial charge in [-0.25, -0.2) is 14.4 Å². The molecule has 10 heteroatoms. The van der Waals surface area contributed by atoms with Crippen molar-refractivity contribution in [2.75, 3.05) is 18.1 Å². The summed E-state index contributed by atoms with van der Waals surface area (Å²) in [4.78, 5) is 13.1. The van der Waals surface area contributed by atoms with Crippen LogP contribution < -0.4 is 10.8 Å². The van der Waals surface area contributed by atoms with Gasteiger partial charge in [0.25, 0.3) is 0 Å². The minimum Gasteiger partial charge on any atom is -0.384 e. The summed E-state index contributed by atoms with van der Waals surface area (Å²) < 4.78 is 57.4. The van der Waals surface area contributed by atoms with Crippen LogP contribution in [0.3, 0.4) is 0 Å². The number of nitrogens with zero attached hydrogens (tertiary/aromatic N) is 3. The number of benzene rings is 1. The largest absolute Gasteiger partial charge is 0.384 e. The molecule has 2 heterocycles. The first-order valence-electron chi connectivity index (χ1n) is 10.6. The monoisotopic (exact) mass is 480 g/mol. The molecule has 1 unspecified atom stereocenters. The number of hydrogen-bond donors (Lipinski definition) is 2. The molecule has 3 aromatic rings. The standard InChI is InChI=1S/C23H28F3N4O2P/c1-7-33(6,32)19-11-16-18(12-27-19)29-14(3)30-21(16)28-13(2)15-9-8-10-17(20(15)24)23(25,26)22(4,5)31/h8-13,31H,7H2,1-6H3,(H,28,29,30)/t13-,33?/m1/s1. The van der Waals surface area contributed by atoms with Gasteiger partial charge in [0, 0.05) is 17.1 Å². The van der Waals surface area contributed by atoms with Crippen molar-refractivity contribution in [3.63, 3.8) is 0 Å². The van der Waals surface area contributed by atoms with E-state index in [2.05, 4.69) is 20.3 Å². The average Bonchev–Trinajstić information content (AvgIpc) is 2.72. The fraction of sp³-hybridized carbons (Fsp3) is 0.435. The fourth-order valence-corrected chi connectivity index (χ4v) is 4.44. The van der Waals surface area contributed by atoms with Crippen molar-refractivity contribution >= 4 is 29.3 Å². The molecule has 0 amide bonds. The summed E-state index contributed by atoms with van der Waals surface area (Å²) in [6.07, 6.45) is 1.96. The van der Waals surface area contributed by atoms with Gasteiger partial charge in [0.1, 0.15) is 35.6 Å². The second-order valence-corrected chi connectivity index (χ2v) is 12.1. The Morgan fingerprint density at radius 2 is 1.91 bits per heavy atom. The number of aromatic nitrogens is 3. The van der Waals surface area contributed by atoms with Crippen molar-refractivity contribution in [1.82, 2.24) is 15.0 Å². The molecular weight excluding hydrogens is 452 g/mol. The molecule has 2 atom stereocenters. The predicted octanol–water partition coefficient (Wildman–Crippen LogP) is 5.15. The third-order valence-electron chi connectivity index (χ3n) is 5.72. The summed E-state index contributed by atoms with van der Waals surface area (Å²) in [5.74, 6) is -4.12. The van der Waals surface area contributed by atoms with E-state index >= 15 is 4.39 Å². The second-order valence-electron chi connectivity index (χ2n) is 8.80. The highest BCUT2D eigenvalue weighted by molar-refractivity contribution is 7.70. The van der Waals surface area contributed by atoms with E-state index in [9.17, 15) is 18.5 Å². The van der Waals surface area contributed by atoms with E-state index in [4.69, 9.17) is 0 Å². The van der Waals surface area contributed by atoms with Crippen LogP contribution in [0, 0.1) is 12.7 Å². The molecule has 178 valence electrons. The highest BCUT2D eigenvalue weighted by Gasteiger charge is 2.49. The molecule has 0 bridgehead atoms. The molecule has 2 aromatic heterocycles. The van der Waals surface area contributed by atoms with Crippen molar-refractivity contribution in [1.29, 1.82) is 0 Å². The Hall–Kier alpha value is -2.51. The van der Waals surface area contributed by atoms with Gasteiger partial charge in [0.15, 0.2) is 0 Å². The molecule has 0 saturated heterocycles. The van der Waals surface area contributed by atoms with Crippen molar-refractivity contribution in [2.24, 2.45) is 0 Å². The lowest BCUT2D eigenvalue weighted by atomic mass is 9.91. The fourth-order valence-electron chi connectivity index (χ4n) is 3.41. The number of rotatable bonds is 7. The van der Waals surface area contributed by atoms with E-state index in [1.54, 1.807) is 26.6 Å². The number of halogens is 3. The zero-order chi connectivity index (χ0) is 24.8. The molecule has 0 fully saturated rings. The smallest absolute Gasteiger partial charge is 0.303 e. The molecule has 2 N–H and O–H groups in total. The third-order valence-corrected chi connectivity index (χ3v) is 8.14. The van der Waals surface area contributed by atoms with Crippen LogP contribution in [0.15, 0.2) is 30.5 Å². The van der Waals surface area contributed by atoms with Crippen molar-refractivity contribution in [2.45, 2.75) is 52.2 Å². The molecule has 0 saturated carbocycles. The van der Waals surface area contributed by atoms with Gasteiger partial charge in [0.05, 0.1) is 23.3 Å². The first kappa shape index (κ1) is 25.1. The highest BCUT2D eigenvalue weighted by atomic mass is 31.2. The van der Waals surface area contributed by atoms with E-state index < -0.39 is 36.1 Å². The zero-order valence-electron chi connectivity index (χ0n) is 19.4. The molecule has 0 radical (unpaired) electrons. The van der Waals surface area contributed by atoms with Gasteiger partial charge in [0.2, 0.25) is 0 Å². The maximum Gasteiger partial charge on any atom is 0.303 e. The van der Waals surface area contributed by atoms with Gasteiger partial charge in [-0.05, 0) is 46.5 Å². The van der Waals surface area contributed by atoms with Crippen LogP contribution in [0.1, 0.15) is 50.7 Å². The number of aryl methyl sites for hydroxylation is 1. The normalized spacial score (nSPS) is 15.3. The van der Waals surface area contributed by atoms with Crippen LogP contribution in [-0.4, -0.2) is 38.5 Å². The number of hydrogen-bond acceptors (Lipinski definition) is 6. The minimum atomic E-state index is -3.80. The Morgan fingerprint density at radius 1 is 1.24 bits per heavy atom. The lowest BCUT2D eigenvalue weighted by Gasteiger charge is -2.30. The summed E-state index contributed by atoms with van der Waals surface area (Å²) in [6.45, 7) is 8.64. The van der Waals surface area contributed by atoms with E-state index in [1.807, 2.05) is 6.92 Å². The molecule has 3 rings (SSSR count). The summed E-state index contributed by atoms with van der Waals surface area (Å²) >= 11 is 0. The SMILES string of the molecule is CCP(C)(=O)c1cc2c(N[C@H](C)c3cccc(C(F)(F)C(C)(C)O)c3F)nc(C)nc2cn1. The molecular formula is C23H28F3N4O2P. The van der Waals surface area contributed by atoms with Crippen molar-refractivity contribution in [3.8, 4) is 0 Å². The van der Waals surface area contributed by atoms with Gasteiger partial charge in [-0.3, -0.25) is 4.98 Å². The van der Waals surface area contributed by atoms with Crippen LogP contribution in [0.4, 0.5) is 19.0 Å². The Balaban J connectivity index is 2.07. The zero-order valence-corrected chi connectivity index (χ0v) is 20.3. The maximum absolute atomic E-state index is 15.2. The lowest BCUT2D eigenvalue weighted by molar-refractivity contribution is -0.170. The number of aliphatic hydroxyl groups is 1. The minimum absolute atomic E-state index is 0.00941. The Kier molecular flexibility index (Phi) is 6.61. The van der Waals surface area contributed by atoms with Gasteiger partial charge >= 0.3 is 5.92 Å². The Labute approximate surface area is 191 Å². The van der Waals surface area contributed by atoms with Gasteiger partial charge < -0.3 is 15.0 Å². The number of fused-ring (bicyclic) bond motifs is 1. The quantitative estimate of drug-likeness (QED) is 0.455. The summed E-state index contributed by atoms with van der Waals surface area (Å²) in [5, 5.41) is 13.5. The summed E-state index contributed by atoms with van der Waals surface area (Å²) in [7, 11) is -2.66. The number of pyridine rings is 1. The van der Waals surface area contributed by atoms with Gasteiger partial charge in [-0.2, -0.15) is 8.78 Å². The molecule has 1 aromatic carbocycles. The number of anilines is 1. The highest BCUT2D eigenvalue weighted by Crippen LogP contribution is 2.42. The van der Waals surface area contributed by atoms with E-state index in [0.717, 1.165) is 19.9 Å². The van der Waals surface area contributed by atoms with Gasteiger partial charge in [-0.1, -0.05) is 19.1 Å². The summed E-state index contributed by atoms with van der Waals surface area (Å²) in [6, 6.07) is 4.60. The second kappa shape index (κ2) is 8.69. The van der Waals surface area contributed by atoms with Crippen molar-refractivity contribution < 1.29 is 22.8 Å². The molecule has 0 aliphatic rings. The Morgan fingerprint density at radius 3 is 2.52 bits per heavy atom. The predicted molar refractivity (Wildman–Crippen MR) is 124 cm³/mol. The topological polar surface area (TPSA) is 88.0 Å². The Bertz CT molecular complexity index is 1240. The average molecular weight is 480 g/mol. The van der Waals surface area contributed by atoms with Crippen molar-refractivity contribution in [3.05, 3.63) is 53.2 Å². The van der Waals surface area contributed by atoms with E-state index in [0.29, 0.717) is 34.1 Å². The first-order chi connectivity index (χ1) is 15.2. The van der Waals surface area contributed by atoms with Gasteiger partial charge in [-0.15, -0.1) is 0 Å². The molecule has 33 heavy (non-hydrogen) atoms. The third kappa shape index (κ3) is 4.75. The van der Waals surface area contributed by atoms with E-state index in [1.165, 1.54) is 18.3 Å². The van der Waals surface area contributed by atoms with Crippen LogP contribution in [0.25, 0.3) is 10.9 Å². The summed E-state index contributed by atoms with van der Waals surface area (Å²) in [5.41, 5.74) is -2.39. The molecule has 0 aliphatic heterocycles. The molecule has 6 nitrogen and oxygen atoms in total. The van der Waals surface area contributed by atoms with Crippen LogP contribution >= 0.6 is 7.14 Å².